The predicted octanol–water partition coefficient (Wildman–Crippen LogP) is 3.72. The van der Waals surface area contributed by atoms with Crippen LogP contribution in [0.5, 0.6) is 5.75 Å². The predicted molar refractivity (Wildman–Crippen MR) is 81.4 cm³/mol. The lowest BCUT2D eigenvalue weighted by Crippen LogP contribution is -2.11. The zero-order valence-electron chi connectivity index (χ0n) is 11.6. The number of aromatic nitrogens is 1. The molecule has 0 atom stereocenters. The monoisotopic (exact) mass is 265 g/mol. The highest BCUT2D eigenvalue weighted by Crippen LogP contribution is 2.27. The summed E-state index contributed by atoms with van der Waals surface area (Å²) in [6.07, 6.45) is 0. The van der Waals surface area contributed by atoms with E-state index in [1.165, 1.54) is 5.56 Å². The number of fused-ring (bicyclic) bond motifs is 1. The molecule has 0 aliphatic carbocycles. The van der Waals surface area contributed by atoms with E-state index < -0.39 is 0 Å². The average molecular weight is 265 g/mol. The molecule has 0 saturated heterocycles. The molecule has 0 aliphatic heterocycles. The van der Waals surface area contributed by atoms with Crippen molar-refractivity contribution in [1.82, 2.24) is 0 Å². The number of benzene rings is 2. The summed E-state index contributed by atoms with van der Waals surface area (Å²) in [6.45, 7) is 4.15. The first-order valence-corrected chi connectivity index (χ1v) is 6.62. The summed E-state index contributed by atoms with van der Waals surface area (Å²) in [7, 11) is 0. The Balaban J connectivity index is 2.11. The average Bonchev–Trinajstić information content (AvgIpc) is 2.42. The highest BCUT2D eigenvalue weighted by molar-refractivity contribution is 5.92. The van der Waals surface area contributed by atoms with Gasteiger partial charge in [-0.3, -0.25) is 0 Å². The van der Waals surface area contributed by atoms with E-state index in [2.05, 4.69) is 41.5 Å². The second kappa shape index (κ2) is 4.85. The molecule has 0 fully saturated rings. The van der Waals surface area contributed by atoms with Crippen LogP contribution in [0.1, 0.15) is 11.3 Å². The van der Waals surface area contributed by atoms with Gasteiger partial charge in [0.05, 0.1) is 11.1 Å². The van der Waals surface area contributed by atoms with Crippen LogP contribution in [0, 0.1) is 13.8 Å². The molecule has 3 aromatic rings. The van der Waals surface area contributed by atoms with Crippen molar-refractivity contribution in [3.05, 3.63) is 59.8 Å². The summed E-state index contributed by atoms with van der Waals surface area (Å²) in [5.41, 5.74) is 5.49. The van der Waals surface area contributed by atoms with Gasteiger partial charge in [0.15, 0.2) is 5.69 Å². The summed E-state index contributed by atoms with van der Waals surface area (Å²) in [5, 5.41) is 13.9. The maximum Gasteiger partial charge on any atom is 0.216 e. The van der Waals surface area contributed by atoms with E-state index in [4.69, 9.17) is 0 Å². The minimum absolute atomic E-state index is 0.272. The Morgan fingerprint density at radius 3 is 2.50 bits per heavy atom. The first-order chi connectivity index (χ1) is 9.63. The lowest BCUT2D eigenvalue weighted by molar-refractivity contribution is -0.354. The molecule has 0 aliphatic rings. The Hall–Kier alpha value is -2.55. The van der Waals surface area contributed by atoms with Gasteiger partial charge in [0, 0.05) is 24.2 Å². The quantitative estimate of drug-likeness (QED) is 0.694. The fraction of sp³-hybridized carbons (Fsp3) is 0.118. The van der Waals surface area contributed by atoms with Gasteiger partial charge in [-0.05, 0) is 37.3 Å². The van der Waals surface area contributed by atoms with Crippen molar-refractivity contribution in [2.45, 2.75) is 13.8 Å². The molecule has 0 spiro atoms. The molecule has 3 heteroatoms. The summed E-state index contributed by atoms with van der Waals surface area (Å²) in [5.74, 6) is 0.272. The van der Waals surface area contributed by atoms with E-state index >= 15 is 0 Å². The number of aromatic amines is 1. The Kier molecular flexibility index (Phi) is 3.03. The summed E-state index contributed by atoms with van der Waals surface area (Å²) in [4.78, 5) is 3.41. The SMILES string of the molecule is Cc1cc(Nc2ccc(O)cc2)c2cccc(C)c2[nH+]1. The van der Waals surface area contributed by atoms with Gasteiger partial charge in [0.25, 0.3) is 0 Å². The van der Waals surface area contributed by atoms with E-state index in [9.17, 15) is 5.11 Å². The van der Waals surface area contributed by atoms with Gasteiger partial charge in [-0.15, -0.1) is 0 Å². The number of H-pyrrole nitrogens is 1. The zero-order valence-corrected chi connectivity index (χ0v) is 11.6. The van der Waals surface area contributed by atoms with E-state index in [0.29, 0.717) is 0 Å². The van der Waals surface area contributed by atoms with Gasteiger partial charge in [0.1, 0.15) is 5.75 Å². The number of hydrogen-bond acceptors (Lipinski definition) is 2. The minimum Gasteiger partial charge on any atom is -0.508 e. The molecule has 20 heavy (non-hydrogen) atoms. The normalized spacial score (nSPS) is 10.7. The molecule has 1 aromatic heterocycles. The molecule has 3 N–H and O–H groups in total. The lowest BCUT2D eigenvalue weighted by Gasteiger charge is -2.09. The van der Waals surface area contributed by atoms with Gasteiger partial charge in [-0.2, -0.15) is 0 Å². The Morgan fingerprint density at radius 2 is 1.75 bits per heavy atom. The van der Waals surface area contributed by atoms with E-state index in [1.807, 2.05) is 19.1 Å². The van der Waals surface area contributed by atoms with Crippen LogP contribution >= 0.6 is 0 Å². The van der Waals surface area contributed by atoms with Gasteiger partial charge >= 0.3 is 0 Å². The topological polar surface area (TPSA) is 46.4 Å². The maximum atomic E-state index is 9.34. The molecule has 3 rings (SSSR count). The highest BCUT2D eigenvalue weighted by atomic mass is 16.3. The Labute approximate surface area is 117 Å². The number of aromatic hydroxyl groups is 1. The zero-order chi connectivity index (χ0) is 14.1. The fourth-order valence-corrected chi connectivity index (χ4v) is 2.39. The van der Waals surface area contributed by atoms with Gasteiger partial charge in [-0.25, -0.2) is 4.98 Å². The molecule has 100 valence electrons. The molecule has 0 bridgehead atoms. The molecule has 3 nitrogen and oxygen atoms in total. The van der Waals surface area contributed by atoms with Crippen LogP contribution in [-0.4, -0.2) is 5.11 Å². The van der Waals surface area contributed by atoms with Crippen molar-refractivity contribution in [3.8, 4) is 5.75 Å². The van der Waals surface area contributed by atoms with Crippen LogP contribution in [0.15, 0.2) is 48.5 Å². The van der Waals surface area contributed by atoms with Crippen LogP contribution in [-0.2, 0) is 0 Å². The van der Waals surface area contributed by atoms with Crippen molar-refractivity contribution in [3.63, 3.8) is 0 Å². The van der Waals surface area contributed by atoms with Crippen LogP contribution in [0.25, 0.3) is 10.9 Å². The van der Waals surface area contributed by atoms with Crippen LogP contribution in [0.2, 0.25) is 0 Å². The second-order valence-corrected chi connectivity index (χ2v) is 5.04. The van der Waals surface area contributed by atoms with Crippen molar-refractivity contribution in [1.29, 1.82) is 0 Å². The number of hydrogen-bond donors (Lipinski definition) is 2. The molecule has 2 aromatic carbocycles. The minimum atomic E-state index is 0.272. The van der Waals surface area contributed by atoms with E-state index in [1.54, 1.807) is 12.1 Å². The molecular formula is C17H17N2O+. The van der Waals surface area contributed by atoms with Crippen molar-refractivity contribution in [2.75, 3.05) is 5.32 Å². The third-order valence-electron chi connectivity index (χ3n) is 3.39. The number of phenols is 1. The fourth-order valence-electron chi connectivity index (χ4n) is 2.39. The first kappa shape index (κ1) is 12.5. The Bertz CT molecular complexity index is 764. The van der Waals surface area contributed by atoms with Crippen molar-refractivity contribution >= 4 is 22.3 Å². The number of nitrogens with one attached hydrogen (secondary N) is 2. The van der Waals surface area contributed by atoms with Gasteiger partial charge in [-0.1, -0.05) is 12.1 Å². The molecule has 0 amide bonds. The van der Waals surface area contributed by atoms with Crippen LogP contribution < -0.4 is 10.3 Å². The van der Waals surface area contributed by atoms with E-state index in [-0.39, 0.29) is 5.75 Å². The number of rotatable bonds is 2. The third-order valence-corrected chi connectivity index (χ3v) is 3.39. The van der Waals surface area contributed by atoms with Crippen molar-refractivity contribution < 1.29 is 10.1 Å². The number of pyridine rings is 1. The van der Waals surface area contributed by atoms with Crippen LogP contribution in [0.3, 0.4) is 0 Å². The summed E-state index contributed by atoms with van der Waals surface area (Å²) >= 11 is 0. The Morgan fingerprint density at radius 1 is 1.00 bits per heavy atom. The lowest BCUT2D eigenvalue weighted by atomic mass is 10.1. The van der Waals surface area contributed by atoms with Crippen LogP contribution in [0.4, 0.5) is 11.4 Å². The highest BCUT2D eigenvalue weighted by Gasteiger charge is 2.11. The molecular weight excluding hydrogens is 248 g/mol. The molecule has 1 heterocycles. The summed E-state index contributed by atoms with van der Waals surface area (Å²) < 4.78 is 0. The number of para-hydroxylation sites is 1. The van der Waals surface area contributed by atoms with E-state index in [0.717, 1.165) is 28.0 Å². The number of anilines is 2. The maximum absolute atomic E-state index is 9.34. The molecule has 0 saturated carbocycles. The first-order valence-electron chi connectivity index (χ1n) is 6.62. The smallest absolute Gasteiger partial charge is 0.216 e. The van der Waals surface area contributed by atoms with Gasteiger partial charge < -0.3 is 10.4 Å². The largest absolute Gasteiger partial charge is 0.508 e. The number of phenolic OH excluding ortho intramolecular Hbond substituents is 1. The standard InChI is InChI=1S/C17H16N2O/c1-11-4-3-5-15-16(10-12(2)18-17(11)15)19-13-6-8-14(20)9-7-13/h3-10,20H,1-2H3,(H,18,19)/p+1. The second-order valence-electron chi connectivity index (χ2n) is 5.04. The number of aryl methyl sites for hydroxylation is 2. The third kappa shape index (κ3) is 2.30. The molecule has 0 unspecified atom stereocenters. The van der Waals surface area contributed by atoms with Gasteiger partial charge in [0.2, 0.25) is 5.52 Å². The van der Waals surface area contributed by atoms with Crippen molar-refractivity contribution in [2.24, 2.45) is 0 Å². The summed E-state index contributed by atoms with van der Waals surface area (Å²) in [6, 6.07) is 15.4. The molecule has 0 radical (unpaired) electrons.